The van der Waals surface area contributed by atoms with Gasteiger partial charge in [0.25, 0.3) is 0 Å². The zero-order valence-corrected chi connectivity index (χ0v) is 14.5. The van der Waals surface area contributed by atoms with Gasteiger partial charge in [0.1, 0.15) is 0 Å². The second-order valence-electron chi connectivity index (χ2n) is 3.79. The van der Waals surface area contributed by atoms with E-state index in [2.05, 4.69) is 43.5 Å². The molecule has 0 amide bonds. The second-order valence-corrected chi connectivity index (χ2v) is 9.73. The lowest BCUT2D eigenvalue weighted by Crippen LogP contribution is -2.25. The molecule has 3 nitrogen and oxygen atoms in total. The normalized spacial score (nSPS) is 13.9. The summed E-state index contributed by atoms with van der Waals surface area (Å²) in [6.07, 6.45) is 1.78. The topological polar surface area (TPSA) is 46.2 Å². The number of hydrogen-bond acceptors (Lipinski definition) is 3. The number of nitrogens with one attached hydrogen (secondary N) is 1. The predicted molar refractivity (Wildman–Crippen MR) is 79.6 cm³/mol. The highest BCUT2D eigenvalue weighted by molar-refractivity contribution is 9.11. The van der Waals surface area contributed by atoms with Crippen LogP contribution in [0.2, 0.25) is 0 Å². The van der Waals surface area contributed by atoms with E-state index >= 15 is 0 Å². The molecular formula is C10H15Br2NO2S2. The number of hydrogen-bond donors (Lipinski definition) is 1. The Labute approximate surface area is 123 Å². The van der Waals surface area contributed by atoms with Crippen LogP contribution in [0.5, 0.6) is 0 Å². The fourth-order valence-electron chi connectivity index (χ4n) is 1.37. The Bertz CT molecular complexity index is 469. The summed E-state index contributed by atoms with van der Waals surface area (Å²) in [6.45, 7) is 4.34. The molecule has 1 heterocycles. The first kappa shape index (κ1) is 15.6. The summed E-state index contributed by atoms with van der Waals surface area (Å²) in [5, 5.41) is 0. The van der Waals surface area contributed by atoms with Crippen molar-refractivity contribution < 1.29 is 8.42 Å². The van der Waals surface area contributed by atoms with Gasteiger partial charge < -0.3 is 0 Å². The maximum absolute atomic E-state index is 12.0. The van der Waals surface area contributed by atoms with Crippen molar-refractivity contribution in [2.75, 3.05) is 6.54 Å². The van der Waals surface area contributed by atoms with Crippen LogP contribution in [0.3, 0.4) is 0 Å². The molecule has 7 heteroatoms. The van der Waals surface area contributed by atoms with Gasteiger partial charge in [-0.25, -0.2) is 13.1 Å². The van der Waals surface area contributed by atoms with Crippen molar-refractivity contribution in [1.82, 2.24) is 4.72 Å². The molecule has 0 aliphatic carbocycles. The Balaban J connectivity index is 2.60. The predicted octanol–water partition coefficient (Wildman–Crippen LogP) is 3.66. The smallest absolute Gasteiger partial charge is 0.211 e. The van der Waals surface area contributed by atoms with Crippen LogP contribution < -0.4 is 4.72 Å². The van der Waals surface area contributed by atoms with Crippen LogP contribution in [0.25, 0.3) is 0 Å². The number of sulfonamides is 1. The van der Waals surface area contributed by atoms with Crippen LogP contribution in [-0.2, 0) is 10.0 Å². The molecule has 1 rings (SSSR count). The summed E-state index contributed by atoms with van der Waals surface area (Å²) in [5.41, 5.74) is 0. The molecule has 0 saturated carbocycles. The lowest BCUT2D eigenvalue weighted by molar-refractivity contribution is 0.576. The van der Waals surface area contributed by atoms with E-state index in [1.807, 2.05) is 6.92 Å². The SMILES string of the molecule is Cc1sc(Br)cc1S(=O)(=O)NCCCC(C)Br. The zero-order chi connectivity index (χ0) is 13.1. The number of thiophene rings is 1. The van der Waals surface area contributed by atoms with E-state index < -0.39 is 10.0 Å². The molecule has 17 heavy (non-hydrogen) atoms. The van der Waals surface area contributed by atoms with E-state index in [9.17, 15) is 8.42 Å². The minimum atomic E-state index is -3.35. The van der Waals surface area contributed by atoms with Gasteiger partial charge in [0.15, 0.2) is 0 Å². The summed E-state index contributed by atoms with van der Waals surface area (Å²) in [6, 6.07) is 1.65. The van der Waals surface area contributed by atoms with Gasteiger partial charge in [0.05, 0.1) is 8.68 Å². The van der Waals surface area contributed by atoms with Crippen molar-refractivity contribution in [2.45, 2.75) is 36.4 Å². The van der Waals surface area contributed by atoms with Gasteiger partial charge in [0.2, 0.25) is 10.0 Å². The van der Waals surface area contributed by atoms with E-state index in [1.54, 1.807) is 6.07 Å². The van der Waals surface area contributed by atoms with Gasteiger partial charge in [-0.3, -0.25) is 0 Å². The third kappa shape index (κ3) is 4.98. The Morgan fingerprint density at radius 1 is 1.53 bits per heavy atom. The molecule has 0 aromatic carbocycles. The van der Waals surface area contributed by atoms with Crippen molar-refractivity contribution in [3.8, 4) is 0 Å². The molecule has 98 valence electrons. The lowest BCUT2D eigenvalue weighted by Gasteiger charge is -2.06. The van der Waals surface area contributed by atoms with Gasteiger partial charge in [-0.05, 0) is 41.8 Å². The average Bonchev–Trinajstić information content (AvgIpc) is 2.53. The summed E-state index contributed by atoms with van der Waals surface area (Å²) >= 11 is 8.16. The first-order valence-electron chi connectivity index (χ1n) is 5.22. The molecule has 1 aromatic heterocycles. The summed E-state index contributed by atoms with van der Waals surface area (Å²) in [7, 11) is -3.35. The highest BCUT2D eigenvalue weighted by Gasteiger charge is 2.18. The van der Waals surface area contributed by atoms with Crippen LogP contribution in [0.1, 0.15) is 24.6 Å². The van der Waals surface area contributed by atoms with Crippen molar-refractivity contribution in [1.29, 1.82) is 0 Å². The van der Waals surface area contributed by atoms with Gasteiger partial charge in [-0.2, -0.15) is 0 Å². The zero-order valence-electron chi connectivity index (χ0n) is 9.66. The first-order chi connectivity index (χ1) is 7.83. The van der Waals surface area contributed by atoms with Crippen molar-refractivity contribution in [3.05, 3.63) is 14.7 Å². The quantitative estimate of drug-likeness (QED) is 0.580. The molecule has 1 aromatic rings. The molecule has 0 spiro atoms. The molecular weight excluding hydrogens is 390 g/mol. The molecule has 0 bridgehead atoms. The number of aryl methyl sites for hydroxylation is 1. The molecule has 0 aliphatic heterocycles. The number of alkyl halides is 1. The van der Waals surface area contributed by atoms with Gasteiger partial charge in [-0.1, -0.05) is 22.9 Å². The van der Waals surface area contributed by atoms with Gasteiger partial charge in [0, 0.05) is 16.2 Å². The molecule has 0 radical (unpaired) electrons. The van der Waals surface area contributed by atoms with E-state index in [-0.39, 0.29) is 0 Å². The molecule has 0 fully saturated rings. The average molecular weight is 405 g/mol. The monoisotopic (exact) mass is 403 g/mol. The summed E-state index contributed by atoms with van der Waals surface area (Å²) in [4.78, 5) is 1.60. The minimum Gasteiger partial charge on any atom is -0.211 e. The maximum atomic E-state index is 12.0. The second kappa shape index (κ2) is 6.65. The van der Waals surface area contributed by atoms with Crippen LogP contribution in [0.4, 0.5) is 0 Å². The highest BCUT2D eigenvalue weighted by Crippen LogP contribution is 2.29. The lowest BCUT2D eigenvalue weighted by atomic mass is 10.2. The maximum Gasteiger partial charge on any atom is 0.241 e. The Kier molecular flexibility index (Phi) is 6.12. The van der Waals surface area contributed by atoms with E-state index in [0.717, 1.165) is 21.5 Å². The first-order valence-corrected chi connectivity index (χ1v) is 9.23. The van der Waals surface area contributed by atoms with Crippen molar-refractivity contribution in [2.24, 2.45) is 0 Å². The Hall–Kier alpha value is 0.570. The van der Waals surface area contributed by atoms with E-state index in [4.69, 9.17) is 0 Å². The van der Waals surface area contributed by atoms with Crippen LogP contribution in [0.15, 0.2) is 14.7 Å². The summed E-state index contributed by atoms with van der Waals surface area (Å²) < 4.78 is 27.4. The van der Waals surface area contributed by atoms with Crippen molar-refractivity contribution in [3.63, 3.8) is 0 Å². The van der Waals surface area contributed by atoms with Crippen LogP contribution in [-0.4, -0.2) is 19.8 Å². The largest absolute Gasteiger partial charge is 0.241 e. The molecule has 0 aliphatic rings. The number of rotatable bonds is 6. The molecule has 0 saturated heterocycles. The third-order valence-electron chi connectivity index (χ3n) is 2.20. The van der Waals surface area contributed by atoms with E-state index in [0.29, 0.717) is 16.3 Å². The molecule has 1 N–H and O–H groups in total. The standard InChI is InChI=1S/C10H15Br2NO2S2/c1-7(11)4-3-5-13-17(14,15)9-6-10(12)16-8(9)2/h6-7,13H,3-5H2,1-2H3. The minimum absolute atomic E-state index is 0.376. The highest BCUT2D eigenvalue weighted by atomic mass is 79.9. The number of halogens is 2. The fourth-order valence-corrected chi connectivity index (χ4v) is 5.18. The summed E-state index contributed by atoms with van der Waals surface area (Å²) in [5.74, 6) is 0. The van der Waals surface area contributed by atoms with Gasteiger partial charge >= 0.3 is 0 Å². The third-order valence-corrected chi connectivity index (χ3v) is 5.93. The fraction of sp³-hybridized carbons (Fsp3) is 0.600. The van der Waals surface area contributed by atoms with Crippen LogP contribution in [0, 0.1) is 6.92 Å². The van der Waals surface area contributed by atoms with Crippen molar-refractivity contribution >= 4 is 53.2 Å². The molecule has 1 unspecified atom stereocenters. The Morgan fingerprint density at radius 3 is 2.65 bits per heavy atom. The van der Waals surface area contributed by atoms with Crippen LogP contribution >= 0.6 is 43.2 Å². The Morgan fingerprint density at radius 2 is 2.18 bits per heavy atom. The van der Waals surface area contributed by atoms with Gasteiger partial charge in [-0.15, -0.1) is 11.3 Å². The molecule has 1 atom stereocenters. The van der Waals surface area contributed by atoms with E-state index in [1.165, 1.54) is 11.3 Å².